The Kier molecular flexibility index (Phi) is 7.43. The molecule has 1 heterocycles. The molecule has 7 heteroatoms. The fourth-order valence-electron chi connectivity index (χ4n) is 3.70. The Morgan fingerprint density at radius 2 is 1.75 bits per heavy atom. The van der Waals surface area contributed by atoms with Gasteiger partial charge in [-0.05, 0) is 51.7 Å². The van der Waals surface area contributed by atoms with Crippen molar-refractivity contribution in [2.24, 2.45) is 0 Å². The standard InChI is InChI=1S/C25H30N2O5/c1-16(8-5-13-28)6-3-7-17(2)11-12-27-20-14-18(29)15-22(31)24(20)26-23-19(25(27)32)9-4-10-21(23)30/h4,6,9-11,14-15,26,28-31H,3,5,7-8,12-13H2,1-2H3/b16-6+,17-11+. The number of fused-ring (bicyclic) bond motifs is 2. The third kappa shape index (κ3) is 5.23. The zero-order chi connectivity index (χ0) is 23.3. The van der Waals surface area contributed by atoms with Crippen molar-refractivity contribution in [3.05, 3.63) is 59.2 Å². The molecule has 5 N–H and O–H groups in total. The van der Waals surface area contributed by atoms with Crippen LogP contribution in [0.4, 0.5) is 17.1 Å². The fourth-order valence-corrected chi connectivity index (χ4v) is 3.70. The van der Waals surface area contributed by atoms with Gasteiger partial charge in [-0.1, -0.05) is 29.4 Å². The van der Waals surface area contributed by atoms with Crippen LogP contribution in [0.2, 0.25) is 0 Å². The summed E-state index contributed by atoms with van der Waals surface area (Å²) in [5, 5.41) is 42.6. The molecular weight excluding hydrogens is 408 g/mol. The Morgan fingerprint density at radius 3 is 2.50 bits per heavy atom. The van der Waals surface area contributed by atoms with Crippen LogP contribution in [0, 0.1) is 0 Å². The first-order valence-corrected chi connectivity index (χ1v) is 10.7. The number of para-hydroxylation sites is 1. The monoisotopic (exact) mass is 438 g/mol. The number of hydrogen-bond donors (Lipinski definition) is 5. The van der Waals surface area contributed by atoms with Gasteiger partial charge in [0.1, 0.15) is 22.9 Å². The second kappa shape index (κ2) is 10.2. The smallest absolute Gasteiger partial charge is 0.260 e. The molecule has 1 aliphatic heterocycles. The lowest BCUT2D eigenvalue weighted by molar-refractivity contribution is 0.0991. The van der Waals surface area contributed by atoms with E-state index in [1.165, 1.54) is 28.7 Å². The zero-order valence-electron chi connectivity index (χ0n) is 18.4. The number of amides is 1. The van der Waals surface area contributed by atoms with E-state index in [0.29, 0.717) is 5.69 Å². The molecule has 3 rings (SSSR count). The van der Waals surface area contributed by atoms with Gasteiger partial charge >= 0.3 is 0 Å². The number of aliphatic hydroxyl groups is 1. The van der Waals surface area contributed by atoms with E-state index >= 15 is 0 Å². The summed E-state index contributed by atoms with van der Waals surface area (Å²) in [4.78, 5) is 14.8. The predicted molar refractivity (Wildman–Crippen MR) is 126 cm³/mol. The number of phenols is 3. The topological polar surface area (TPSA) is 113 Å². The fraction of sp³-hybridized carbons (Fsp3) is 0.320. The molecule has 0 saturated carbocycles. The van der Waals surface area contributed by atoms with Crippen LogP contribution >= 0.6 is 0 Å². The van der Waals surface area contributed by atoms with Crippen LogP contribution in [0.25, 0.3) is 0 Å². The highest BCUT2D eigenvalue weighted by Gasteiger charge is 2.29. The number of anilines is 3. The number of nitrogens with one attached hydrogen (secondary N) is 1. The third-order valence-corrected chi connectivity index (χ3v) is 5.52. The van der Waals surface area contributed by atoms with Crippen molar-refractivity contribution in [2.45, 2.75) is 39.5 Å². The predicted octanol–water partition coefficient (Wildman–Crippen LogP) is 4.95. The lowest BCUT2D eigenvalue weighted by atomic mass is 10.1. The van der Waals surface area contributed by atoms with Gasteiger partial charge in [0.25, 0.3) is 5.91 Å². The number of carbonyl (C=O) groups is 1. The van der Waals surface area contributed by atoms with Crippen molar-refractivity contribution >= 4 is 23.0 Å². The average molecular weight is 439 g/mol. The van der Waals surface area contributed by atoms with Crippen LogP contribution < -0.4 is 10.2 Å². The van der Waals surface area contributed by atoms with Crippen LogP contribution in [0.5, 0.6) is 17.2 Å². The molecular formula is C25H30N2O5. The summed E-state index contributed by atoms with van der Waals surface area (Å²) in [6.45, 7) is 4.49. The van der Waals surface area contributed by atoms with E-state index in [-0.39, 0.29) is 53.2 Å². The molecule has 0 unspecified atom stereocenters. The first kappa shape index (κ1) is 23.2. The number of hydrogen-bond acceptors (Lipinski definition) is 6. The molecule has 0 spiro atoms. The molecule has 1 amide bonds. The van der Waals surface area contributed by atoms with Crippen molar-refractivity contribution in [1.82, 2.24) is 0 Å². The number of carbonyl (C=O) groups excluding carboxylic acids is 1. The van der Waals surface area contributed by atoms with Crippen molar-refractivity contribution in [2.75, 3.05) is 23.4 Å². The Morgan fingerprint density at radius 1 is 1.00 bits per heavy atom. The summed E-state index contributed by atoms with van der Waals surface area (Å²) in [5.74, 6) is -0.847. The average Bonchev–Trinajstić information content (AvgIpc) is 2.86. The van der Waals surface area contributed by atoms with Crippen molar-refractivity contribution in [3.63, 3.8) is 0 Å². The largest absolute Gasteiger partial charge is 0.508 e. The molecule has 1 aliphatic rings. The van der Waals surface area contributed by atoms with E-state index in [4.69, 9.17) is 5.11 Å². The molecule has 7 nitrogen and oxygen atoms in total. The minimum absolute atomic E-state index is 0.105. The van der Waals surface area contributed by atoms with Gasteiger partial charge in [-0.3, -0.25) is 4.79 Å². The Hall–Kier alpha value is -3.45. The van der Waals surface area contributed by atoms with Gasteiger partial charge in [0.05, 0.1) is 16.9 Å². The van der Waals surface area contributed by atoms with E-state index in [0.717, 1.165) is 31.3 Å². The first-order valence-electron chi connectivity index (χ1n) is 10.7. The van der Waals surface area contributed by atoms with Gasteiger partial charge in [0.15, 0.2) is 0 Å². The Balaban J connectivity index is 1.87. The molecule has 0 atom stereocenters. The SMILES string of the molecule is C/C(=C\CN1C(=O)c2cccc(O)c2Nc2c(O)cc(O)cc21)CC/C=C(\C)CCCO. The quantitative estimate of drug-likeness (QED) is 0.226. The van der Waals surface area contributed by atoms with E-state index < -0.39 is 0 Å². The number of nitrogens with zero attached hydrogens (tertiary/aromatic N) is 1. The van der Waals surface area contributed by atoms with Crippen LogP contribution in [0.3, 0.4) is 0 Å². The molecule has 170 valence electrons. The van der Waals surface area contributed by atoms with Crippen molar-refractivity contribution in [1.29, 1.82) is 0 Å². The summed E-state index contributed by atoms with van der Waals surface area (Å²) >= 11 is 0. The Labute approximate surface area is 187 Å². The lowest BCUT2D eigenvalue weighted by Crippen LogP contribution is -2.30. The molecule has 2 aromatic rings. The summed E-state index contributed by atoms with van der Waals surface area (Å²) in [6, 6.07) is 7.26. The van der Waals surface area contributed by atoms with Gasteiger partial charge in [0, 0.05) is 25.3 Å². The van der Waals surface area contributed by atoms with Gasteiger partial charge in [-0.25, -0.2) is 0 Å². The van der Waals surface area contributed by atoms with Gasteiger partial charge in [0.2, 0.25) is 0 Å². The summed E-state index contributed by atoms with van der Waals surface area (Å²) in [7, 11) is 0. The molecule has 0 fully saturated rings. The second-order valence-corrected chi connectivity index (χ2v) is 8.07. The molecule has 0 aromatic heterocycles. The highest BCUT2D eigenvalue weighted by atomic mass is 16.3. The van der Waals surface area contributed by atoms with Gasteiger partial charge < -0.3 is 30.6 Å². The van der Waals surface area contributed by atoms with Gasteiger partial charge in [-0.15, -0.1) is 0 Å². The van der Waals surface area contributed by atoms with Crippen LogP contribution in [0.15, 0.2) is 53.6 Å². The van der Waals surface area contributed by atoms with E-state index in [1.807, 2.05) is 13.0 Å². The summed E-state index contributed by atoms with van der Waals surface area (Å²) in [6.07, 6.45) is 7.45. The summed E-state index contributed by atoms with van der Waals surface area (Å²) < 4.78 is 0. The zero-order valence-corrected chi connectivity index (χ0v) is 18.4. The van der Waals surface area contributed by atoms with Crippen LogP contribution in [-0.4, -0.2) is 39.5 Å². The third-order valence-electron chi connectivity index (χ3n) is 5.52. The molecule has 32 heavy (non-hydrogen) atoms. The summed E-state index contributed by atoms with van der Waals surface area (Å²) in [5.41, 5.74) is 3.40. The maximum atomic E-state index is 13.3. The maximum absolute atomic E-state index is 13.3. The molecule has 0 aliphatic carbocycles. The molecule has 0 bridgehead atoms. The number of benzene rings is 2. The van der Waals surface area contributed by atoms with E-state index in [9.17, 15) is 20.1 Å². The number of phenolic OH excluding ortho intramolecular Hbond substituents is 3. The van der Waals surface area contributed by atoms with Crippen molar-refractivity contribution < 1.29 is 25.2 Å². The first-order chi connectivity index (χ1) is 15.3. The number of rotatable bonds is 8. The second-order valence-electron chi connectivity index (χ2n) is 8.07. The normalized spacial score (nSPS) is 14.0. The highest BCUT2D eigenvalue weighted by Crippen LogP contribution is 2.45. The minimum atomic E-state index is -0.351. The highest BCUT2D eigenvalue weighted by molar-refractivity contribution is 6.15. The maximum Gasteiger partial charge on any atom is 0.260 e. The number of aliphatic hydroxyl groups excluding tert-OH is 1. The molecule has 2 aromatic carbocycles. The minimum Gasteiger partial charge on any atom is -0.508 e. The van der Waals surface area contributed by atoms with Crippen LogP contribution in [0.1, 0.15) is 49.9 Å². The number of allylic oxidation sites excluding steroid dienone is 3. The Bertz CT molecular complexity index is 1060. The molecule has 0 radical (unpaired) electrons. The van der Waals surface area contributed by atoms with Gasteiger partial charge in [-0.2, -0.15) is 0 Å². The van der Waals surface area contributed by atoms with Crippen LogP contribution in [-0.2, 0) is 0 Å². The van der Waals surface area contributed by atoms with E-state index in [2.05, 4.69) is 18.3 Å². The van der Waals surface area contributed by atoms with Crippen molar-refractivity contribution in [3.8, 4) is 17.2 Å². The molecule has 0 saturated heterocycles. The van der Waals surface area contributed by atoms with E-state index in [1.54, 1.807) is 12.1 Å². The number of aromatic hydroxyl groups is 3. The lowest BCUT2D eigenvalue weighted by Gasteiger charge is -2.22.